The molecule has 0 radical (unpaired) electrons. The Morgan fingerprint density at radius 2 is 1.95 bits per heavy atom. The quantitative estimate of drug-likeness (QED) is 0.783. The van der Waals surface area contributed by atoms with Gasteiger partial charge in [0.25, 0.3) is 0 Å². The van der Waals surface area contributed by atoms with Crippen LogP contribution in [0.25, 0.3) is 0 Å². The van der Waals surface area contributed by atoms with Gasteiger partial charge in [0.2, 0.25) is 5.91 Å². The van der Waals surface area contributed by atoms with E-state index in [1.54, 1.807) is 12.1 Å². The molecule has 0 spiro atoms. The van der Waals surface area contributed by atoms with Crippen molar-refractivity contribution in [3.8, 4) is 0 Å². The summed E-state index contributed by atoms with van der Waals surface area (Å²) in [7, 11) is 0. The summed E-state index contributed by atoms with van der Waals surface area (Å²) in [6.45, 7) is 2.14. The molecule has 0 bridgehead atoms. The minimum Gasteiger partial charge on any atom is -0.481 e. The Kier molecular flexibility index (Phi) is 5.27. The number of carboxylic acid groups (broad SMARTS) is 1. The van der Waals surface area contributed by atoms with Crippen LogP contribution >= 0.6 is 0 Å². The van der Waals surface area contributed by atoms with Crippen molar-refractivity contribution in [3.05, 3.63) is 35.6 Å². The standard InChI is InChI=1S/C15H19FN2O3/c16-13-3-1-11(2-4-13)5-6-17-14(19)10-18-8-12(9-18)7-15(20)21/h1-4,12H,5-10H2,(H,17,19)(H,20,21). The summed E-state index contributed by atoms with van der Waals surface area (Å²) in [6.07, 6.45) is 0.830. The molecule has 1 heterocycles. The first-order chi connectivity index (χ1) is 10.0. The largest absolute Gasteiger partial charge is 0.481 e. The highest BCUT2D eigenvalue weighted by molar-refractivity contribution is 5.78. The first kappa shape index (κ1) is 15.4. The summed E-state index contributed by atoms with van der Waals surface area (Å²) in [6, 6.07) is 6.21. The summed E-state index contributed by atoms with van der Waals surface area (Å²) >= 11 is 0. The highest BCUT2D eigenvalue weighted by Crippen LogP contribution is 2.18. The average molecular weight is 294 g/mol. The van der Waals surface area contributed by atoms with Crippen molar-refractivity contribution >= 4 is 11.9 Å². The fraction of sp³-hybridized carbons (Fsp3) is 0.467. The van der Waals surface area contributed by atoms with Gasteiger partial charge in [0.15, 0.2) is 0 Å². The molecule has 0 saturated carbocycles. The van der Waals surface area contributed by atoms with Crippen molar-refractivity contribution < 1.29 is 19.1 Å². The molecule has 21 heavy (non-hydrogen) atoms. The topological polar surface area (TPSA) is 69.6 Å². The Morgan fingerprint density at radius 1 is 1.29 bits per heavy atom. The molecule has 1 aromatic carbocycles. The van der Waals surface area contributed by atoms with E-state index in [9.17, 15) is 14.0 Å². The summed E-state index contributed by atoms with van der Waals surface area (Å²) < 4.78 is 12.7. The maximum atomic E-state index is 12.7. The number of nitrogens with zero attached hydrogens (tertiary/aromatic N) is 1. The third-order valence-corrected chi connectivity index (χ3v) is 3.51. The van der Waals surface area contributed by atoms with E-state index in [1.165, 1.54) is 12.1 Å². The second-order valence-corrected chi connectivity index (χ2v) is 5.38. The fourth-order valence-corrected chi connectivity index (χ4v) is 2.44. The van der Waals surface area contributed by atoms with Crippen LogP contribution in [0.5, 0.6) is 0 Å². The van der Waals surface area contributed by atoms with E-state index < -0.39 is 5.97 Å². The van der Waals surface area contributed by atoms with Crippen LogP contribution in [-0.2, 0) is 16.0 Å². The molecule has 5 nitrogen and oxygen atoms in total. The van der Waals surface area contributed by atoms with Crippen LogP contribution in [0, 0.1) is 11.7 Å². The van der Waals surface area contributed by atoms with E-state index in [2.05, 4.69) is 5.32 Å². The molecule has 0 unspecified atom stereocenters. The number of carbonyl (C=O) groups is 2. The van der Waals surface area contributed by atoms with Crippen LogP contribution in [-0.4, -0.2) is 48.1 Å². The number of aliphatic carboxylic acids is 1. The van der Waals surface area contributed by atoms with Gasteiger partial charge in [-0.15, -0.1) is 0 Å². The molecule has 1 amide bonds. The van der Waals surface area contributed by atoms with E-state index in [0.717, 1.165) is 5.56 Å². The predicted octanol–water partition coefficient (Wildman–Crippen LogP) is 0.891. The average Bonchev–Trinajstić information content (AvgIpc) is 2.38. The Morgan fingerprint density at radius 3 is 2.57 bits per heavy atom. The number of carboxylic acids is 1. The molecular formula is C15H19FN2O3. The molecule has 1 aliphatic heterocycles. The molecule has 1 aliphatic rings. The lowest BCUT2D eigenvalue weighted by Crippen LogP contribution is -2.51. The molecule has 0 aromatic heterocycles. The maximum absolute atomic E-state index is 12.7. The second-order valence-electron chi connectivity index (χ2n) is 5.38. The van der Waals surface area contributed by atoms with Gasteiger partial charge in [0.05, 0.1) is 13.0 Å². The molecule has 2 rings (SSSR count). The van der Waals surface area contributed by atoms with Crippen LogP contribution in [0.3, 0.4) is 0 Å². The number of likely N-dealkylation sites (tertiary alicyclic amines) is 1. The van der Waals surface area contributed by atoms with E-state index in [0.29, 0.717) is 32.6 Å². The smallest absolute Gasteiger partial charge is 0.303 e. The Labute approximate surface area is 122 Å². The number of hydrogen-bond donors (Lipinski definition) is 2. The summed E-state index contributed by atoms with van der Waals surface area (Å²) in [5, 5.41) is 11.4. The maximum Gasteiger partial charge on any atom is 0.303 e. The number of hydrogen-bond acceptors (Lipinski definition) is 3. The van der Waals surface area contributed by atoms with Gasteiger partial charge in [-0.25, -0.2) is 4.39 Å². The van der Waals surface area contributed by atoms with Gasteiger partial charge in [-0.05, 0) is 30.0 Å². The van der Waals surface area contributed by atoms with Gasteiger partial charge in [-0.1, -0.05) is 12.1 Å². The number of benzene rings is 1. The van der Waals surface area contributed by atoms with E-state index >= 15 is 0 Å². The van der Waals surface area contributed by atoms with Crippen LogP contribution < -0.4 is 5.32 Å². The molecule has 114 valence electrons. The molecule has 1 saturated heterocycles. The SMILES string of the molecule is O=C(O)CC1CN(CC(=O)NCCc2ccc(F)cc2)C1. The fourth-order valence-electron chi connectivity index (χ4n) is 2.44. The van der Waals surface area contributed by atoms with Gasteiger partial charge in [0.1, 0.15) is 5.82 Å². The normalized spacial score (nSPS) is 15.5. The number of halogens is 1. The number of nitrogens with one attached hydrogen (secondary N) is 1. The van der Waals surface area contributed by atoms with Crippen molar-refractivity contribution in [2.45, 2.75) is 12.8 Å². The summed E-state index contributed by atoms with van der Waals surface area (Å²) in [4.78, 5) is 24.1. The number of rotatable bonds is 7. The van der Waals surface area contributed by atoms with Gasteiger partial charge in [-0.2, -0.15) is 0 Å². The highest BCUT2D eigenvalue weighted by atomic mass is 19.1. The van der Waals surface area contributed by atoms with Crippen molar-refractivity contribution in [2.75, 3.05) is 26.2 Å². The lowest BCUT2D eigenvalue weighted by Gasteiger charge is -2.37. The molecule has 0 atom stereocenters. The van der Waals surface area contributed by atoms with Crippen molar-refractivity contribution in [1.82, 2.24) is 10.2 Å². The zero-order valence-corrected chi connectivity index (χ0v) is 11.7. The molecule has 2 N–H and O–H groups in total. The number of carbonyl (C=O) groups excluding carboxylic acids is 1. The van der Waals surface area contributed by atoms with Crippen LogP contribution in [0.4, 0.5) is 4.39 Å². The molecular weight excluding hydrogens is 275 g/mol. The Hall–Kier alpha value is -1.95. The van der Waals surface area contributed by atoms with Gasteiger partial charge < -0.3 is 10.4 Å². The minimum atomic E-state index is -0.789. The van der Waals surface area contributed by atoms with Gasteiger partial charge in [0, 0.05) is 19.6 Å². The Bertz CT molecular complexity index is 498. The Balaban J connectivity index is 1.58. The second kappa shape index (κ2) is 7.17. The van der Waals surface area contributed by atoms with Crippen molar-refractivity contribution in [1.29, 1.82) is 0 Å². The molecule has 1 fully saturated rings. The van der Waals surface area contributed by atoms with Crippen molar-refractivity contribution in [3.63, 3.8) is 0 Å². The summed E-state index contributed by atoms with van der Waals surface area (Å²) in [5.74, 6) is -0.958. The first-order valence-corrected chi connectivity index (χ1v) is 6.98. The molecule has 1 aromatic rings. The molecule has 0 aliphatic carbocycles. The van der Waals surface area contributed by atoms with E-state index in [4.69, 9.17) is 5.11 Å². The zero-order valence-electron chi connectivity index (χ0n) is 11.7. The molecule has 6 heteroatoms. The van der Waals surface area contributed by atoms with Gasteiger partial charge in [-0.3, -0.25) is 14.5 Å². The monoisotopic (exact) mass is 294 g/mol. The van der Waals surface area contributed by atoms with Gasteiger partial charge >= 0.3 is 5.97 Å². The van der Waals surface area contributed by atoms with Crippen LogP contribution in [0.1, 0.15) is 12.0 Å². The summed E-state index contributed by atoms with van der Waals surface area (Å²) in [5.41, 5.74) is 0.974. The highest BCUT2D eigenvalue weighted by Gasteiger charge is 2.29. The van der Waals surface area contributed by atoms with Crippen molar-refractivity contribution in [2.24, 2.45) is 5.92 Å². The lowest BCUT2D eigenvalue weighted by atomic mass is 9.96. The van der Waals surface area contributed by atoms with Crippen LogP contribution in [0.2, 0.25) is 0 Å². The number of amides is 1. The van der Waals surface area contributed by atoms with E-state index in [1.807, 2.05) is 4.90 Å². The van der Waals surface area contributed by atoms with Crippen LogP contribution in [0.15, 0.2) is 24.3 Å². The lowest BCUT2D eigenvalue weighted by molar-refractivity contribution is -0.139. The first-order valence-electron chi connectivity index (χ1n) is 6.98. The van der Waals surface area contributed by atoms with E-state index in [-0.39, 0.29) is 24.1 Å². The third kappa shape index (κ3) is 5.15. The zero-order chi connectivity index (χ0) is 15.2. The third-order valence-electron chi connectivity index (χ3n) is 3.51. The minimum absolute atomic E-state index is 0.0640. The predicted molar refractivity (Wildman–Crippen MR) is 75.3 cm³/mol.